The summed E-state index contributed by atoms with van der Waals surface area (Å²) in [7, 11) is 3.60. The lowest BCUT2D eigenvalue weighted by molar-refractivity contribution is -0.646. The first-order valence-electron chi connectivity index (χ1n) is 3.80. The highest BCUT2D eigenvalue weighted by Crippen LogP contribution is 2.01. The molecule has 0 amide bonds. The molecule has 0 bridgehead atoms. The summed E-state index contributed by atoms with van der Waals surface area (Å²) in [6.45, 7) is 0. The van der Waals surface area contributed by atoms with E-state index in [-0.39, 0.29) is 11.5 Å². The Bertz CT molecular complexity index is 523. The second kappa shape index (κ2) is 2.32. The number of aryl methyl sites for hydroxylation is 2. The van der Waals surface area contributed by atoms with Crippen molar-refractivity contribution in [3.05, 3.63) is 16.7 Å². The summed E-state index contributed by atoms with van der Waals surface area (Å²) >= 11 is 0. The van der Waals surface area contributed by atoms with Gasteiger partial charge in [-0.3, -0.25) is 9.78 Å². The lowest BCUT2D eigenvalue weighted by atomic mass is 10.5. The zero-order chi connectivity index (χ0) is 9.59. The van der Waals surface area contributed by atoms with Gasteiger partial charge in [0.1, 0.15) is 0 Å². The zero-order valence-electron chi connectivity index (χ0n) is 7.40. The quantitative estimate of drug-likeness (QED) is 0.493. The molecule has 3 N–H and O–H groups in total. The third-order valence-corrected chi connectivity index (χ3v) is 1.93. The summed E-state index contributed by atoms with van der Waals surface area (Å²) in [5.74, 6) is 0.138. The fourth-order valence-electron chi connectivity index (χ4n) is 1.41. The van der Waals surface area contributed by atoms with E-state index in [2.05, 4.69) is 9.97 Å². The lowest BCUT2D eigenvalue weighted by Crippen LogP contribution is -2.31. The molecule has 0 saturated heterocycles. The van der Waals surface area contributed by atoms with E-state index in [1.54, 1.807) is 22.5 Å². The fourth-order valence-corrected chi connectivity index (χ4v) is 1.41. The monoisotopic (exact) mass is 180 g/mol. The number of imidazole rings is 1. The fraction of sp³-hybridized carbons (Fsp3) is 0.286. The summed E-state index contributed by atoms with van der Waals surface area (Å²) in [6, 6.07) is 0. The van der Waals surface area contributed by atoms with Gasteiger partial charge in [0.25, 0.3) is 11.2 Å². The van der Waals surface area contributed by atoms with Crippen LogP contribution in [0.3, 0.4) is 0 Å². The van der Waals surface area contributed by atoms with Gasteiger partial charge in [-0.25, -0.2) is 9.13 Å². The van der Waals surface area contributed by atoms with E-state index in [9.17, 15) is 4.79 Å². The number of H-pyrrole nitrogens is 1. The van der Waals surface area contributed by atoms with Crippen LogP contribution >= 0.6 is 0 Å². The van der Waals surface area contributed by atoms with Crippen LogP contribution in [0.2, 0.25) is 0 Å². The number of nitrogens with zero attached hydrogens (tertiary/aromatic N) is 3. The maximum Gasteiger partial charge on any atom is 0.304 e. The molecule has 0 fully saturated rings. The average Bonchev–Trinajstić information content (AvgIpc) is 2.27. The van der Waals surface area contributed by atoms with Crippen LogP contribution in [0.5, 0.6) is 0 Å². The summed E-state index contributed by atoms with van der Waals surface area (Å²) in [6.07, 6.45) is 1.77. The minimum Gasteiger partial charge on any atom is -0.369 e. The van der Waals surface area contributed by atoms with Crippen LogP contribution in [0.4, 0.5) is 5.95 Å². The van der Waals surface area contributed by atoms with Gasteiger partial charge in [0, 0.05) is 0 Å². The Morgan fingerprint density at radius 2 is 2.38 bits per heavy atom. The zero-order valence-corrected chi connectivity index (χ0v) is 7.40. The number of rotatable bonds is 0. The molecule has 2 rings (SSSR count). The third kappa shape index (κ3) is 0.986. The number of fused-ring (bicyclic) bond motifs is 1. The predicted octanol–water partition coefficient (Wildman–Crippen LogP) is -1.33. The number of hydrogen-bond donors (Lipinski definition) is 2. The SMILES string of the molecule is Cn1c[n+](C)c2c(=O)[nH]c(N)nc21. The normalized spacial score (nSPS) is 10.9. The number of anilines is 1. The summed E-state index contributed by atoms with van der Waals surface area (Å²) in [4.78, 5) is 17.9. The van der Waals surface area contributed by atoms with E-state index in [4.69, 9.17) is 5.73 Å². The van der Waals surface area contributed by atoms with Crippen molar-refractivity contribution in [2.75, 3.05) is 5.73 Å². The molecule has 0 radical (unpaired) electrons. The second-order valence-corrected chi connectivity index (χ2v) is 2.96. The summed E-state index contributed by atoms with van der Waals surface area (Å²) in [5, 5.41) is 0. The molecule has 6 nitrogen and oxygen atoms in total. The number of aromatic nitrogens is 4. The van der Waals surface area contributed by atoms with Gasteiger partial charge in [-0.05, 0) is 0 Å². The van der Waals surface area contributed by atoms with Gasteiger partial charge < -0.3 is 5.73 Å². The van der Waals surface area contributed by atoms with E-state index in [0.717, 1.165) is 0 Å². The van der Waals surface area contributed by atoms with Crippen molar-refractivity contribution in [3.63, 3.8) is 0 Å². The Morgan fingerprint density at radius 3 is 3.08 bits per heavy atom. The number of nitrogens with one attached hydrogen (secondary N) is 1. The van der Waals surface area contributed by atoms with E-state index in [0.29, 0.717) is 11.2 Å². The number of hydrogen-bond acceptors (Lipinski definition) is 3. The van der Waals surface area contributed by atoms with Crippen LogP contribution in [0.25, 0.3) is 11.2 Å². The van der Waals surface area contributed by atoms with E-state index >= 15 is 0 Å². The van der Waals surface area contributed by atoms with E-state index in [1.807, 2.05) is 7.05 Å². The molecular weight excluding hydrogens is 170 g/mol. The molecule has 13 heavy (non-hydrogen) atoms. The van der Waals surface area contributed by atoms with Crippen LogP contribution in [-0.4, -0.2) is 14.5 Å². The van der Waals surface area contributed by atoms with Crippen LogP contribution in [0, 0.1) is 0 Å². The molecule has 2 heterocycles. The Kier molecular flexibility index (Phi) is 1.39. The first-order chi connectivity index (χ1) is 6.09. The van der Waals surface area contributed by atoms with Gasteiger partial charge in [-0.1, -0.05) is 0 Å². The van der Waals surface area contributed by atoms with Crippen LogP contribution < -0.4 is 15.9 Å². The molecular formula is C7H10N5O+. The van der Waals surface area contributed by atoms with E-state index < -0.39 is 0 Å². The van der Waals surface area contributed by atoms with Crippen LogP contribution in [0.15, 0.2) is 11.1 Å². The van der Waals surface area contributed by atoms with Crippen molar-refractivity contribution >= 4 is 17.1 Å². The number of aromatic amines is 1. The second-order valence-electron chi connectivity index (χ2n) is 2.96. The first-order valence-corrected chi connectivity index (χ1v) is 3.80. The maximum absolute atomic E-state index is 11.4. The van der Waals surface area contributed by atoms with Gasteiger partial charge in [-0.15, -0.1) is 0 Å². The lowest BCUT2D eigenvalue weighted by Gasteiger charge is -1.90. The molecule has 68 valence electrons. The highest BCUT2D eigenvalue weighted by molar-refractivity contribution is 5.66. The Morgan fingerprint density at radius 1 is 1.69 bits per heavy atom. The van der Waals surface area contributed by atoms with Crippen molar-refractivity contribution in [1.82, 2.24) is 14.5 Å². The van der Waals surface area contributed by atoms with Gasteiger partial charge in [0.05, 0.1) is 14.1 Å². The van der Waals surface area contributed by atoms with Gasteiger partial charge in [-0.2, -0.15) is 4.98 Å². The van der Waals surface area contributed by atoms with Gasteiger partial charge >= 0.3 is 5.56 Å². The minimum atomic E-state index is -0.217. The number of nitrogens with two attached hydrogens (primary N) is 1. The van der Waals surface area contributed by atoms with Crippen molar-refractivity contribution < 1.29 is 4.57 Å². The van der Waals surface area contributed by atoms with Gasteiger partial charge in [0.2, 0.25) is 12.3 Å². The summed E-state index contributed by atoms with van der Waals surface area (Å²) < 4.78 is 3.46. The Labute approximate surface area is 73.6 Å². The molecule has 0 aliphatic heterocycles. The Hall–Kier alpha value is -1.85. The van der Waals surface area contributed by atoms with Crippen LogP contribution in [-0.2, 0) is 14.1 Å². The molecule has 0 aliphatic carbocycles. The minimum absolute atomic E-state index is 0.138. The predicted molar refractivity (Wildman–Crippen MR) is 46.9 cm³/mol. The molecule has 2 aromatic rings. The maximum atomic E-state index is 11.4. The smallest absolute Gasteiger partial charge is 0.304 e. The first kappa shape index (κ1) is 7.78. The van der Waals surface area contributed by atoms with Gasteiger partial charge in [0.15, 0.2) is 0 Å². The number of nitrogen functional groups attached to an aromatic ring is 1. The summed E-state index contributed by atoms with van der Waals surface area (Å²) in [5.41, 5.74) is 6.31. The standard InChI is InChI=1S/C7H9N5O/c1-11-3-12(2)5-4(11)6(13)10-7(8)9-5/h3H,1-2H3,(H2-,8,9,10,13)/p+1. The largest absolute Gasteiger partial charge is 0.369 e. The molecule has 6 heteroatoms. The van der Waals surface area contributed by atoms with Crippen LogP contribution in [0.1, 0.15) is 0 Å². The third-order valence-electron chi connectivity index (χ3n) is 1.93. The highest BCUT2D eigenvalue weighted by atomic mass is 16.1. The average molecular weight is 180 g/mol. The van der Waals surface area contributed by atoms with Crippen molar-refractivity contribution in [1.29, 1.82) is 0 Å². The van der Waals surface area contributed by atoms with E-state index in [1.165, 1.54) is 0 Å². The molecule has 0 aromatic carbocycles. The molecule has 0 unspecified atom stereocenters. The molecule has 0 atom stereocenters. The molecule has 0 spiro atoms. The van der Waals surface area contributed by atoms with Crippen molar-refractivity contribution in [3.8, 4) is 0 Å². The molecule has 2 aromatic heterocycles. The van der Waals surface area contributed by atoms with Crippen molar-refractivity contribution in [2.45, 2.75) is 0 Å². The molecule has 0 saturated carbocycles. The van der Waals surface area contributed by atoms with Crippen molar-refractivity contribution in [2.24, 2.45) is 14.1 Å². The topological polar surface area (TPSA) is 80.6 Å². The molecule has 0 aliphatic rings. The highest BCUT2D eigenvalue weighted by Gasteiger charge is 2.15. The Balaban J connectivity index is 3.06.